The first-order valence-corrected chi connectivity index (χ1v) is 10.4. The Morgan fingerprint density at radius 2 is 1.96 bits per heavy atom. The Morgan fingerprint density at radius 1 is 1.19 bits per heavy atom. The minimum absolute atomic E-state index is 0.0337. The molecule has 0 saturated heterocycles. The largest absolute Gasteiger partial charge is 0.345 e. The van der Waals surface area contributed by atoms with E-state index >= 15 is 0 Å². The first kappa shape index (κ1) is 17.7. The number of halogens is 2. The average molecular weight is 416 g/mol. The van der Waals surface area contributed by atoms with Crippen molar-refractivity contribution in [2.45, 2.75) is 49.9 Å². The van der Waals surface area contributed by atoms with Crippen LogP contribution in [0.3, 0.4) is 0 Å². The van der Waals surface area contributed by atoms with Gasteiger partial charge in [-0.1, -0.05) is 34.1 Å². The fourth-order valence-corrected chi connectivity index (χ4v) is 3.89. The van der Waals surface area contributed by atoms with Crippen molar-refractivity contribution in [1.82, 2.24) is 5.32 Å². The summed E-state index contributed by atoms with van der Waals surface area (Å²) in [6.45, 7) is 1.77. The van der Waals surface area contributed by atoms with Crippen molar-refractivity contribution < 1.29 is 9.18 Å². The smallest absolute Gasteiger partial charge is 0.251 e. The molecule has 2 fully saturated rings. The summed E-state index contributed by atoms with van der Waals surface area (Å²) >= 11 is 3.51. The van der Waals surface area contributed by atoms with Crippen LogP contribution in [0.2, 0.25) is 0 Å². The quantitative estimate of drug-likeness (QED) is 0.594. The van der Waals surface area contributed by atoms with Crippen LogP contribution in [-0.2, 0) is 5.33 Å². The molecule has 0 heterocycles. The molecule has 136 valence electrons. The molecule has 2 aliphatic carbocycles. The standard InChI is InChI=1S/C22H23BrFNO/c1-13-8-17(6-7-20(13)24)21(16-4-5-16)25-22(26)19-10-14(12-23)9-18(11-19)15-2-3-15/h6-11,15-16,21H,2-5,12H2,1H3,(H,25,26)/t21-/m0/s1. The van der Waals surface area contributed by atoms with E-state index in [1.54, 1.807) is 13.0 Å². The summed E-state index contributed by atoms with van der Waals surface area (Å²) in [5, 5.41) is 3.97. The molecule has 4 rings (SSSR count). The van der Waals surface area contributed by atoms with E-state index in [9.17, 15) is 9.18 Å². The lowest BCUT2D eigenvalue weighted by Crippen LogP contribution is -2.30. The van der Waals surface area contributed by atoms with Gasteiger partial charge in [0.2, 0.25) is 0 Å². The zero-order valence-corrected chi connectivity index (χ0v) is 16.5. The number of rotatable bonds is 6. The van der Waals surface area contributed by atoms with Gasteiger partial charge in [0.1, 0.15) is 5.82 Å². The van der Waals surface area contributed by atoms with Gasteiger partial charge in [-0.05, 0) is 84.9 Å². The second kappa shape index (κ2) is 7.15. The van der Waals surface area contributed by atoms with E-state index in [1.165, 1.54) is 24.5 Å². The van der Waals surface area contributed by atoms with Crippen LogP contribution >= 0.6 is 15.9 Å². The maximum absolute atomic E-state index is 13.6. The van der Waals surface area contributed by atoms with Gasteiger partial charge < -0.3 is 5.32 Å². The molecule has 4 heteroatoms. The van der Waals surface area contributed by atoms with Crippen molar-refractivity contribution in [3.8, 4) is 0 Å². The van der Waals surface area contributed by atoms with E-state index in [2.05, 4.69) is 27.3 Å². The van der Waals surface area contributed by atoms with Crippen LogP contribution < -0.4 is 5.32 Å². The molecule has 0 aliphatic heterocycles. The zero-order chi connectivity index (χ0) is 18.3. The molecule has 2 saturated carbocycles. The van der Waals surface area contributed by atoms with Gasteiger partial charge in [0.05, 0.1) is 6.04 Å². The van der Waals surface area contributed by atoms with E-state index in [4.69, 9.17) is 0 Å². The summed E-state index contributed by atoms with van der Waals surface area (Å²) in [6, 6.07) is 11.3. The fraction of sp³-hybridized carbons (Fsp3) is 0.409. The van der Waals surface area contributed by atoms with E-state index in [0.29, 0.717) is 17.4 Å². The highest BCUT2D eigenvalue weighted by Gasteiger charge is 2.34. The summed E-state index contributed by atoms with van der Waals surface area (Å²) < 4.78 is 13.6. The van der Waals surface area contributed by atoms with Crippen molar-refractivity contribution in [3.63, 3.8) is 0 Å². The number of carbonyl (C=O) groups excluding carboxylic acids is 1. The van der Waals surface area contributed by atoms with Gasteiger partial charge in [-0.3, -0.25) is 4.79 Å². The summed E-state index contributed by atoms with van der Waals surface area (Å²) in [5.41, 5.74) is 4.76. The molecule has 2 aromatic rings. The van der Waals surface area contributed by atoms with Crippen LogP contribution in [0.15, 0.2) is 36.4 Å². The Labute approximate surface area is 162 Å². The third kappa shape index (κ3) is 3.85. The van der Waals surface area contributed by atoms with Gasteiger partial charge in [0, 0.05) is 10.9 Å². The predicted octanol–water partition coefficient (Wildman–Crippen LogP) is 5.79. The van der Waals surface area contributed by atoms with Gasteiger partial charge in [-0.2, -0.15) is 0 Å². The molecule has 1 amide bonds. The van der Waals surface area contributed by atoms with Crippen LogP contribution in [0.4, 0.5) is 4.39 Å². The van der Waals surface area contributed by atoms with Gasteiger partial charge in [0.25, 0.3) is 5.91 Å². The molecule has 2 nitrogen and oxygen atoms in total. The lowest BCUT2D eigenvalue weighted by Gasteiger charge is -2.20. The van der Waals surface area contributed by atoms with Crippen molar-refractivity contribution >= 4 is 21.8 Å². The molecular formula is C22H23BrFNO. The third-order valence-corrected chi connectivity index (χ3v) is 6.05. The van der Waals surface area contributed by atoms with Crippen LogP contribution in [0.1, 0.15) is 70.3 Å². The highest BCUT2D eigenvalue weighted by molar-refractivity contribution is 9.08. The number of hydrogen-bond donors (Lipinski definition) is 1. The normalized spacial score (nSPS) is 17.8. The topological polar surface area (TPSA) is 29.1 Å². The average Bonchev–Trinajstić information content (AvgIpc) is 3.54. The molecule has 2 aromatic carbocycles. The number of alkyl halides is 1. The van der Waals surface area contributed by atoms with E-state index in [1.807, 2.05) is 18.2 Å². The first-order chi connectivity index (χ1) is 12.5. The molecule has 0 bridgehead atoms. The number of amides is 1. The van der Waals surface area contributed by atoms with E-state index in [0.717, 1.165) is 34.9 Å². The number of hydrogen-bond acceptors (Lipinski definition) is 1. The lowest BCUT2D eigenvalue weighted by atomic mass is 9.98. The highest BCUT2D eigenvalue weighted by atomic mass is 79.9. The second-order valence-electron chi connectivity index (χ2n) is 7.67. The Morgan fingerprint density at radius 3 is 2.58 bits per heavy atom. The SMILES string of the molecule is Cc1cc([C@@H](NC(=O)c2cc(CBr)cc(C3CC3)c2)C2CC2)ccc1F. The maximum atomic E-state index is 13.6. The van der Waals surface area contributed by atoms with Crippen molar-refractivity contribution in [2.24, 2.45) is 5.92 Å². The Kier molecular flexibility index (Phi) is 4.87. The van der Waals surface area contributed by atoms with Crippen LogP contribution in [-0.4, -0.2) is 5.91 Å². The summed E-state index contributed by atoms with van der Waals surface area (Å²) in [7, 11) is 0. The molecular weight excluding hydrogens is 393 g/mol. The van der Waals surface area contributed by atoms with Gasteiger partial charge in [-0.25, -0.2) is 4.39 Å². The van der Waals surface area contributed by atoms with E-state index in [-0.39, 0.29) is 17.8 Å². The van der Waals surface area contributed by atoms with Crippen LogP contribution in [0.25, 0.3) is 0 Å². The van der Waals surface area contributed by atoms with Crippen molar-refractivity contribution in [2.75, 3.05) is 0 Å². The van der Waals surface area contributed by atoms with Crippen LogP contribution in [0.5, 0.6) is 0 Å². The Bertz CT molecular complexity index is 842. The van der Waals surface area contributed by atoms with Gasteiger partial charge >= 0.3 is 0 Å². The maximum Gasteiger partial charge on any atom is 0.251 e. The molecule has 2 aliphatic rings. The Hall–Kier alpha value is -1.68. The number of benzene rings is 2. The molecule has 0 unspecified atom stereocenters. The molecule has 26 heavy (non-hydrogen) atoms. The Balaban J connectivity index is 1.59. The molecule has 1 N–H and O–H groups in total. The minimum Gasteiger partial charge on any atom is -0.345 e. The molecule has 0 aromatic heterocycles. The van der Waals surface area contributed by atoms with E-state index < -0.39 is 0 Å². The van der Waals surface area contributed by atoms with Gasteiger partial charge in [0.15, 0.2) is 0 Å². The monoisotopic (exact) mass is 415 g/mol. The van der Waals surface area contributed by atoms with Crippen molar-refractivity contribution in [3.05, 3.63) is 70.0 Å². The molecule has 1 atom stereocenters. The summed E-state index contributed by atoms with van der Waals surface area (Å²) in [6.07, 6.45) is 4.64. The first-order valence-electron chi connectivity index (χ1n) is 9.32. The predicted molar refractivity (Wildman–Crippen MR) is 105 cm³/mol. The fourth-order valence-electron chi connectivity index (χ4n) is 3.57. The number of nitrogens with one attached hydrogen (secondary N) is 1. The molecule has 0 radical (unpaired) electrons. The van der Waals surface area contributed by atoms with Crippen molar-refractivity contribution in [1.29, 1.82) is 0 Å². The van der Waals surface area contributed by atoms with Gasteiger partial charge in [-0.15, -0.1) is 0 Å². The van der Waals surface area contributed by atoms with Crippen LogP contribution in [0, 0.1) is 18.7 Å². The summed E-state index contributed by atoms with van der Waals surface area (Å²) in [4.78, 5) is 13.0. The summed E-state index contributed by atoms with van der Waals surface area (Å²) in [5.74, 6) is 0.827. The second-order valence-corrected chi connectivity index (χ2v) is 8.23. The minimum atomic E-state index is -0.200. The third-order valence-electron chi connectivity index (χ3n) is 5.40. The molecule has 0 spiro atoms. The zero-order valence-electron chi connectivity index (χ0n) is 14.9. The highest BCUT2D eigenvalue weighted by Crippen LogP contribution is 2.42. The number of carbonyl (C=O) groups is 1. The lowest BCUT2D eigenvalue weighted by molar-refractivity contribution is 0.0931. The number of aryl methyl sites for hydroxylation is 1.